The lowest BCUT2D eigenvalue weighted by Gasteiger charge is -2.31. The first-order valence-electron chi connectivity index (χ1n) is 10.0. The topological polar surface area (TPSA) is 84.2 Å². The van der Waals surface area contributed by atoms with Crippen molar-refractivity contribution < 1.29 is 9.21 Å². The Hall–Kier alpha value is -3.26. The van der Waals surface area contributed by atoms with Gasteiger partial charge in [-0.05, 0) is 43.2 Å². The van der Waals surface area contributed by atoms with Crippen LogP contribution in [0.4, 0.5) is 5.95 Å². The molecular weight excluding hydrogens is 398 g/mol. The normalized spacial score (nSPS) is 16.7. The second kappa shape index (κ2) is 8.23. The number of amides is 1. The Kier molecular flexibility index (Phi) is 5.15. The maximum atomic E-state index is 12.7. The summed E-state index contributed by atoms with van der Waals surface area (Å²) in [6.45, 7) is 1.87. The maximum absolute atomic E-state index is 12.7. The molecule has 4 heterocycles. The van der Waals surface area contributed by atoms with Crippen molar-refractivity contribution in [2.24, 2.45) is 5.92 Å². The van der Waals surface area contributed by atoms with E-state index in [9.17, 15) is 4.79 Å². The van der Waals surface area contributed by atoms with Crippen LogP contribution < -0.4 is 10.2 Å². The molecule has 152 valence electrons. The Labute approximate surface area is 177 Å². The largest absolute Gasteiger partial charge is 0.457 e. The van der Waals surface area contributed by atoms with Gasteiger partial charge in [-0.1, -0.05) is 12.1 Å². The van der Waals surface area contributed by atoms with Gasteiger partial charge in [-0.2, -0.15) is 0 Å². The molecule has 30 heavy (non-hydrogen) atoms. The molecule has 1 atom stereocenters. The number of thiazole rings is 1. The van der Waals surface area contributed by atoms with Crippen molar-refractivity contribution in [3.05, 3.63) is 60.6 Å². The average molecular weight is 420 g/mol. The van der Waals surface area contributed by atoms with Gasteiger partial charge in [0, 0.05) is 25.5 Å². The number of anilines is 1. The molecule has 0 radical (unpaired) electrons. The fraction of sp³-hybridized carbons (Fsp3) is 0.273. The second-order valence-electron chi connectivity index (χ2n) is 7.30. The monoisotopic (exact) mass is 419 g/mol. The van der Waals surface area contributed by atoms with E-state index in [2.05, 4.69) is 31.2 Å². The summed E-state index contributed by atoms with van der Waals surface area (Å²) in [5.41, 5.74) is 0.966. The lowest BCUT2D eigenvalue weighted by Crippen LogP contribution is -2.43. The van der Waals surface area contributed by atoms with Crippen LogP contribution in [0.2, 0.25) is 0 Å². The number of para-hydroxylation sites is 1. The van der Waals surface area contributed by atoms with Gasteiger partial charge in [0.05, 0.1) is 22.7 Å². The van der Waals surface area contributed by atoms with Gasteiger partial charge in [-0.25, -0.2) is 15.0 Å². The molecular formula is C22H21N5O2S. The third kappa shape index (κ3) is 3.91. The van der Waals surface area contributed by atoms with Gasteiger partial charge in [-0.15, -0.1) is 11.3 Å². The van der Waals surface area contributed by atoms with Gasteiger partial charge >= 0.3 is 0 Å². The third-order valence-electron chi connectivity index (χ3n) is 5.23. The van der Waals surface area contributed by atoms with Gasteiger partial charge in [0.2, 0.25) is 11.9 Å². The van der Waals surface area contributed by atoms with Gasteiger partial charge in [0.15, 0.2) is 10.8 Å². The maximum Gasteiger partial charge on any atom is 0.225 e. The molecule has 1 unspecified atom stereocenters. The first-order valence-corrected chi connectivity index (χ1v) is 10.8. The molecule has 1 fully saturated rings. The number of carbonyl (C=O) groups is 1. The predicted octanol–water partition coefficient (Wildman–Crippen LogP) is 3.88. The number of carbonyl (C=O) groups excluding carboxylic acids is 1. The van der Waals surface area contributed by atoms with Crippen LogP contribution in [0.15, 0.2) is 59.3 Å². The molecule has 1 aliphatic rings. The fourth-order valence-electron chi connectivity index (χ4n) is 3.71. The summed E-state index contributed by atoms with van der Waals surface area (Å²) in [5, 5.41) is 3.86. The number of rotatable bonds is 5. The number of hydrogen-bond donors (Lipinski definition) is 1. The minimum absolute atomic E-state index is 0.0357. The SMILES string of the molecule is O=C(NCc1ccc(-c2nc3ccccc3s2)o1)C1CCCN(c2ncccn2)C1. The summed E-state index contributed by atoms with van der Waals surface area (Å²) >= 11 is 1.60. The number of nitrogens with zero attached hydrogens (tertiary/aromatic N) is 4. The van der Waals surface area contributed by atoms with Gasteiger partial charge in [0.1, 0.15) is 5.76 Å². The molecule has 0 saturated carbocycles. The van der Waals surface area contributed by atoms with E-state index in [0.717, 1.165) is 46.1 Å². The molecule has 1 N–H and O–H groups in total. The molecule has 1 aromatic carbocycles. The van der Waals surface area contributed by atoms with E-state index in [-0.39, 0.29) is 11.8 Å². The Bertz CT molecular complexity index is 1120. The number of nitrogens with one attached hydrogen (secondary N) is 1. The molecule has 1 amide bonds. The zero-order valence-corrected chi connectivity index (χ0v) is 17.1. The predicted molar refractivity (Wildman–Crippen MR) is 116 cm³/mol. The summed E-state index contributed by atoms with van der Waals surface area (Å²) < 4.78 is 7.06. The fourth-order valence-corrected chi connectivity index (χ4v) is 4.64. The Morgan fingerprint density at radius 3 is 2.90 bits per heavy atom. The van der Waals surface area contributed by atoms with Crippen molar-refractivity contribution in [1.29, 1.82) is 0 Å². The quantitative estimate of drug-likeness (QED) is 0.529. The van der Waals surface area contributed by atoms with E-state index in [4.69, 9.17) is 4.42 Å². The first kappa shape index (κ1) is 18.7. The van der Waals surface area contributed by atoms with Gasteiger partial charge in [0.25, 0.3) is 0 Å². The summed E-state index contributed by atoms with van der Waals surface area (Å²) in [6, 6.07) is 13.6. The van der Waals surface area contributed by atoms with Crippen LogP contribution in [0.5, 0.6) is 0 Å². The molecule has 0 bridgehead atoms. The van der Waals surface area contributed by atoms with Crippen LogP contribution in [0.3, 0.4) is 0 Å². The van der Waals surface area contributed by atoms with Crippen molar-refractivity contribution in [2.45, 2.75) is 19.4 Å². The molecule has 0 aliphatic carbocycles. The van der Waals surface area contributed by atoms with Crippen molar-refractivity contribution in [3.63, 3.8) is 0 Å². The summed E-state index contributed by atoms with van der Waals surface area (Å²) in [5.74, 6) is 2.08. The van der Waals surface area contributed by atoms with Crippen molar-refractivity contribution in [2.75, 3.05) is 18.0 Å². The lowest BCUT2D eigenvalue weighted by atomic mass is 9.97. The number of hydrogen-bond acceptors (Lipinski definition) is 7. The van der Waals surface area contributed by atoms with Crippen LogP contribution in [0, 0.1) is 5.92 Å². The summed E-state index contributed by atoms with van der Waals surface area (Å²) in [6.07, 6.45) is 5.26. The highest BCUT2D eigenvalue weighted by molar-refractivity contribution is 7.21. The molecule has 1 saturated heterocycles. The molecule has 1 aliphatic heterocycles. The van der Waals surface area contributed by atoms with Crippen LogP contribution in [-0.2, 0) is 11.3 Å². The van der Waals surface area contributed by atoms with Crippen molar-refractivity contribution in [1.82, 2.24) is 20.3 Å². The van der Waals surface area contributed by atoms with E-state index in [0.29, 0.717) is 19.0 Å². The first-order chi connectivity index (χ1) is 14.8. The molecule has 0 spiro atoms. The van der Waals surface area contributed by atoms with Crippen LogP contribution in [0.25, 0.3) is 21.0 Å². The molecule has 3 aromatic heterocycles. The Balaban J connectivity index is 1.20. The summed E-state index contributed by atoms with van der Waals surface area (Å²) in [4.78, 5) is 28.0. The van der Waals surface area contributed by atoms with Crippen LogP contribution in [-0.4, -0.2) is 33.9 Å². The zero-order chi connectivity index (χ0) is 20.3. The molecule has 5 rings (SSSR count). The number of furan rings is 1. The van der Waals surface area contributed by atoms with Crippen LogP contribution >= 0.6 is 11.3 Å². The van der Waals surface area contributed by atoms with Crippen LogP contribution in [0.1, 0.15) is 18.6 Å². The van der Waals surface area contributed by atoms with E-state index in [1.807, 2.05) is 30.3 Å². The smallest absolute Gasteiger partial charge is 0.225 e. The van der Waals surface area contributed by atoms with E-state index >= 15 is 0 Å². The Morgan fingerprint density at radius 2 is 2.03 bits per heavy atom. The second-order valence-corrected chi connectivity index (χ2v) is 8.34. The average Bonchev–Trinajstić information content (AvgIpc) is 3.45. The van der Waals surface area contributed by atoms with Crippen molar-refractivity contribution in [3.8, 4) is 10.8 Å². The Morgan fingerprint density at radius 1 is 1.17 bits per heavy atom. The molecule has 7 nitrogen and oxygen atoms in total. The van der Waals surface area contributed by atoms with E-state index < -0.39 is 0 Å². The standard InChI is InChI=1S/C22H21N5O2S/c28-20(15-5-3-12-27(14-15)22-23-10-4-11-24-22)25-13-16-8-9-18(29-16)21-26-17-6-1-2-7-19(17)30-21/h1-2,4,6-11,15H,3,5,12-14H2,(H,25,28). The van der Waals surface area contributed by atoms with Crippen molar-refractivity contribution >= 4 is 33.4 Å². The van der Waals surface area contributed by atoms with E-state index in [1.54, 1.807) is 29.8 Å². The molecule has 4 aromatic rings. The highest BCUT2D eigenvalue weighted by atomic mass is 32.1. The highest BCUT2D eigenvalue weighted by Crippen LogP contribution is 2.31. The lowest BCUT2D eigenvalue weighted by molar-refractivity contribution is -0.125. The minimum atomic E-state index is -0.0822. The number of aromatic nitrogens is 3. The van der Waals surface area contributed by atoms with Gasteiger partial charge in [-0.3, -0.25) is 4.79 Å². The number of fused-ring (bicyclic) bond motifs is 1. The zero-order valence-electron chi connectivity index (χ0n) is 16.3. The third-order valence-corrected chi connectivity index (χ3v) is 6.28. The van der Waals surface area contributed by atoms with E-state index in [1.165, 1.54) is 0 Å². The van der Waals surface area contributed by atoms with Gasteiger partial charge < -0.3 is 14.6 Å². The molecule has 8 heteroatoms. The highest BCUT2D eigenvalue weighted by Gasteiger charge is 2.27. The number of benzene rings is 1. The summed E-state index contributed by atoms with van der Waals surface area (Å²) in [7, 11) is 0. The minimum Gasteiger partial charge on any atom is -0.457 e. The number of piperidine rings is 1.